The normalized spacial score (nSPS) is 13.8. The molecule has 3 rings (SSSR count). The van der Waals surface area contributed by atoms with Crippen LogP contribution in [0.3, 0.4) is 0 Å². The predicted molar refractivity (Wildman–Crippen MR) is 106 cm³/mol. The van der Waals surface area contributed by atoms with Crippen LogP contribution in [-0.4, -0.2) is 42.9 Å². The zero-order valence-electron chi connectivity index (χ0n) is 16.0. The maximum absolute atomic E-state index is 13.6. The van der Waals surface area contributed by atoms with E-state index >= 15 is 0 Å². The summed E-state index contributed by atoms with van der Waals surface area (Å²) in [7, 11) is 1.48. The Balaban J connectivity index is 2.00. The zero-order valence-corrected chi connectivity index (χ0v) is 16.0. The quantitative estimate of drug-likeness (QED) is 0.702. The van der Waals surface area contributed by atoms with Crippen molar-refractivity contribution in [2.45, 2.75) is 6.92 Å². The molecule has 1 heterocycles. The van der Waals surface area contributed by atoms with E-state index in [-0.39, 0.29) is 30.3 Å². The van der Waals surface area contributed by atoms with Crippen molar-refractivity contribution in [3.63, 3.8) is 0 Å². The highest BCUT2D eigenvalue weighted by Crippen LogP contribution is 2.31. The highest BCUT2D eigenvalue weighted by Gasteiger charge is 2.38. The van der Waals surface area contributed by atoms with Gasteiger partial charge in [0, 0.05) is 25.4 Å². The second-order valence-corrected chi connectivity index (χ2v) is 6.40. The smallest absolute Gasteiger partial charge is 0.278 e. The summed E-state index contributed by atoms with van der Waals surface area (Å²) < 4.78 is 18.5. The van der Waals surface area contributed by atoms with Crippen LogP contribution < -0.4 is 10.6 Å². The molecular formula is C21H20FN3O4. The third kappa shape index (κ3) is 4.49. The van der Waals surface area contributed by atoms with Crippen LogP contribution in [0, 0.1) is 5.82 Å². The molecule has 2 N–H and O–H groups in total. The standard InChI is InChI=1S/C21H20FN3O4/c1-13(26)23-16-8-6-14(7-9-16)18-19(24-17-5-3-4-15(22)12-17)21(28)25(20(18)27)10-11-29-2/h3-9,12,24H,10-11H2,1-2H3,(H,23,26). The van der Waals surface area contributed by atoms with E-state index in [4.69, 9.17) is 4.74 Å². The lowest BCUT2D eigenvalue weighted by atomic mass is 10.0. The van der Waals surface area contributed by atoms with Gasteiger partial charge in [-0.3, -0.25) is 19.3 Å². The minimum Gasteiger partial charge on any atom is -0.383 e. The van der Waals surface area contributed by atoms with Gasteiger partial charge in [0.25, 0.3) is 11.8 Å². The van der Waals surface area contributed by atoms with Gasteiger partial charge in [-0.15, -0.1) is 0 Å². The summed E-state index contributed by atoms with van der Waals surface area (Å²) in [6, 6.07) is 12.2. The molecule has 8 heteroatoms. The van der Waals surface area contributed by atoms with Crippen LogP contribution in [0.4, 0.5) is 15.8 Å². The number of hydrogen-bond donors (Lipinski definition) is 2. The molecule has 1 aliphatic rings. The summed E-state index contributed by atoms with van der Waals surface area (Å²) in [6.45, 7) is 1.68. The number of anilines is 2. The van der Waals surface area contributed by atoms with Gasteiger partial charge < -0.3 is 15.4 Å². The van der Waals surface area contributed by atoms with Gasteiger partial charge >= 0.3 is 0 Å². The minimum atomic E-state index is -0.516. The molecule has 29 heavy (non-hydrogen) atoms. The molecule has 0 saturated heterocycles. The average Bonchev–Trinajstić information content (AvgIpc) is 2.90. The summed E-state index contributed by atoms with van der Waals surface area (Å²) in [5.41, 5.74) is 1.64. The molecule has 0 fully saturated rings. The maximum atomic E-state index is 13.6. The number of hydrogen-bond acceptors (Lipinski definition) is 5. The molecular weight excluding hydrogens is 377 g/mol. The second kappa shape index (κ2) is 8.66. The third-order valence-electron chi connectivity index (χ3n) is 4.27. The summed E-state index contributed by atoms with van der Waals surface area (Å²) in [4.78, 5) is 38.1. The van der Waals surface area contributed by atoms with Crippen LogP contribution in [0.25, 0.3) is 5.57 Å². The number of nitrogens with zero attached hydrogens (tertiary/aromatic N) is 1. The third-order valence-corrected chi connectivity index (χ3v) is 4.27. The molecule has 0 saturated carbocycles. The summed E-state index contributed by atoms with van der Waals surface area (Å²) in [5, 5.41) is 5.53. The molecule has 0 atom stereocenters. The molecule has 7 nitrogen and oxygen atoms in total. The molecule has 1 aliphatic heterocycles. The number of benzene rings is 2. The van der Waals surface area contributed by atoms with Gasteiger partial charge in [0.05, 0.1) is 18.7 Å². The van der Waals surface area contributed by atoms with E-state index in [1.54, 1.807) is 30.3 Å². The molecule has 0 bridgehead atoms. The molecule has 0 unspecified atom stereocenters. The predicted octanol–water partition coefficient (Wildman–Crippen LogP) is 2.62. The van der Waals surface area contributed by atoms with Crippen molar-refractivity contribution in [3.05, 3.63) is 65.6 Å². The summed E-state index contributed by atoms with van der Waals surface area (Å²) >= 11 is 0. The highest BCUT2D eigenvalue weighted by molar-refractivity contribution is 6.36. The number of nitrogens with one attached hydrogen (secondary N) is 2. The van der Waals surface area contributed by atoms with E-state index in [0.29, 0.717) is 16.9 Å². The Morgan fingerprint density at radius 3 is 2.41 bits per heavy atom. The Hall–Kier alpha value is -3.52. The van der Waals surface area contributed by atoms with Crippen molar-refractivity contribution in [3.8, 4) is 0 Å². The fourth-order valence-electron chi connectivity index (χ4n) is 2.98. The molecule has 3 amide bonds. The number of ether oxygens (including phenoxy) is 1. The molecule has 2 aromatic carbocycles. The van der Waals surface area contributed by atoms with Gasteiger partial charge in [-0.25, -0.2) is 4.39 Å². The largest absolute Gasteiger partial charge is 0.383 e. The number of carbonyl (C=O) groups excluding carboxylic acids is 3. The first-order chi connectivity index (χ1) is 13.9. The molecule has 0 radical (unpaired) electrons. The van der Waals surface area contributed by atoms with E-state index in [0.717, 1.165) is 4.90 Å². The lowest BCUT2D eigenvalue weighted by Gasteiger charge is -2.14. The molecule has 2 aromatic rings. The van der Waals surface area contributed by atoms with Crippen LogP contribution in [0.2, 0.25) is 0 Å². The van der Waals surface area contributed by atoms with Gasteiger partial charge in [-0.05, 0) is 35.9 Å². The Morgan fingerprint density at radius 1 is 1.07 bits per heavy atom. The van der Waals surface area contributed by atoms with Crippen molar-refractivity contribution in [1.82, 2.24) is 4.90 Å². The van der Waals surface area contributed by atoms with Crippen molar-refractivity contribution >= 4 is 34.7 Å². The van der Waals surface area contributed by atoms with Crippen molar-refractivity contribution < 1.29 is 23.5 Å². The van der Waals surface area contributed by atoms with Crippen molar-refractivity contribution in [1.29, 1.82) is 0 Å². The lowest BCUT2D eigenvalue weighted by Crippen LogP contribution is -2.35. The monoisotopic (exact) mass is 397 g/mol. The Morgan fingerprint density at radius 2 is 1.79 bits per heavy atom. The van der Waals surface area contributed by atoms with E-state index in [1.165, 1.54) is 32.2 Å². The number of carbonyl (C=O) groups is 3. The molecule has 0 spiro atoms. The first kappa shape index (κ1) is 20.2. The van der Waals surface area contributed by atoms with Crippen LogP contribution >= 0.6 is 0 Å². The maximum Gasteiger partial charge on any atom is 0.278 e. The Labute approximate surface area is 167 Å². The highest BCUT2D eigenvalue weighted by atomic mass is 19.1. The van der Waals surface area contributed by atoms with Crippen LogP contribution in [0.15, 0.2) is 54.2 Å². The first-order valence-electron chi connectivity index (χ1n) is 8.90. The second-order valence-electron chi connectivity index (χ2n) is 6.40. The fourth-order valence-corrected chi connectivity index (χ4v) is 2.98. The van der Waals surface area contributed by atoms with Gasteiger partial charge in [0.2, 0.25) is 5.91 Å². The van der Waals surface area contributed by atoms with Crippen LogP contribution in [0.1, 0.15) is 12.5 Å². The van der Waals surface area contributed by atoms with Crippen LogP contribution in [0.5, 0.6) is 0 Å². The van der Waals surface area contributed by atoms with Gasteiger partial charge in [-0.1, -0.05) is 18.2 Å². The van der Waals surface area contributed by atoms with E-state index in [1.807, 2.05) is 0 Å². The average molecular weight is 397 g/mol. The molecule has 150 valence electrons. The Kier molecular flexibility index (Phi) is 6.04. The molecule has 0 aromatic heterocycles. The van der Waals surface area contributed by atoms with E-state index < -0.39 is 17.6 Å². The van der Waals surface area contributed by atoms with E-state index in [2.05, 4.69) is 10.6 Å². The van der Waals surface area contributed by atoms with Crippen molar-refractivity contribution in [2.75, 3.05) is 30.9 Å². The SMILES string of the molecule is COCCN1C(=O)C(Nc2cccc(F)c2)=C(c2ccc(NC(C)=O)cc2)C1=O. The number of amides is 3. The van der Waals surface area contributed by atoms with Gasteiger partial charge in [0.1, 0.15) is 11.5 Å². The topological polar surface area (TPSA) is 87.7 Å². The van der Waals surface area contributed by atoms with Gasteiger partial charge in [-0.2, -0.15) is 0 Å². The minimum absolute atomic E-state index is 0.0592. The lowest BCUT2D eigenvalue weighted by molar-refractivity contribution is -0.137. The first-order valence-corrected chi connectivity index (χ1v) is 8.90. The number of halogens is 1. The number of imide groups is 1. The molecule has 0 aliphatic carbocycles. The number of methoxy groups -OCH3 is 1. The van der Waals surface area contributed by atoms with Crippen LogP contribution in [-0.2, 0) is 19.1 Å². The summed E-state index contributed by atoms with van der Waals surface area (Å²) in [5.74, 6) is -1.68. The number of rotatable bonds is 7. The fraction of sp³-hybridized carbons (Fsp3) is 0.190. The Bertz CT molecular complexity index is 986. The van der Waals surface area contributed by atoms with E-state index in [9.17, 15) is 18.8 Å². The summed E-state index contributed by atoms with van der Waals surface area (Å²) in [6.07, 6.45) is 0. The zero-order chi connectivity index (χ0) is 21.0. The van der Waals surface area contributed by atoms with Crippen molar-refractivity contribution in [2.24, 2.45) is 0 Å². The van der Waals surface area contributed by atoms with Gasteiger partial charge in [0.15, 0.2) is 0 Å².